The molecule has 2 aromatic carbocycles. The van der Waals surface area contributed by atoms with E-state index in [1.165, 1.54) is 5.69 Å². The number of anilines is 1. The molecule has 0 aliphatic heterocycles. The number of benzene rings is 2. The molecule has 0 amide bonds. The highest BCUT2D eigenvalue weighted by Gasteiger charge is 2.01. The maximum Gasteiger partial charge on any atom is 0.0673 e. The number of nitrogens with zero attached hydrogens (tertiary/aromatic N) is 2. The molecule has 0 saturated heterocycles. The van der Waals surface area contributed by atoms with Crippen LogP contribution in [0.15, 0.2) is 47.5 Å². The highest BCUT2D eigenvalue weighted by atomic mass is 35.5. The largest absolute Gasteiger partial charge is 0.372 e. The smallest absolute Gasteiger partial charge is 0.0673 e. The first-order chi connectivity index (χ1) is 10.1. The van der Waals surface area contributed by atoms with Crippen molar-refractivity contribution < 1.29 is 0 Å². The molecular formula is C18H21ClN2. The summed E-state index contributed by atoms with van der Waals surface area (Å²) < 4.78 is 0. The van der Waals surface area contributed by atoms with Gasteiger partial charge in [0.05, 0.1) is 5.69 Å². The number of hydrogen-bond acceptors (Lipinski definition) is 2. The second kappa shape index (κ2) is 7.28. The van der Waals surface area contributed by atoms with Gasteiger partial charge < -0.3 is 4.90 Å². The fraction of sp³-hybridized carbons (Fsp3) is 0.278. The molecule has 0 atom stereocenters. The van der Waals surface area contributed by atoms with Gasteiger partial charge in [-0.2, -0.15) is 0 Å². The molecule has 0 heterocycles. The molecule has 0 saturated carbocycles. The summed E-state index contributed by atoms with van der Waals surface area (Å²) in [6, 6.07) is 14.2. The Hall–Kier alpha value is -1.80. The number of rotatable bonds is 5. The lowest BCUT2D eigenvalue weighted by Crippen LogP contribution is -2.21. The minimum Gasteiger partial charge on any atom is -0.372 e. The average Bonchev–Trinajstić information content (AvgIpc) is 2.51. The van der Waals surface area contributed by atoms with Crippen LogP contribution in [-0.2, 0) is 0 Å². The van der Waals surface area contributed by atoms with Gasteiger partial charge in [0.15, 0.2) is 0 Å². The van der Waals surface area contributed by atoms with Crippen molar-refractivity contribution >= 4 is 29.2 Å². The minimum absolute atomic E-state index is 0.713. The molecule has 3 heteroatoms. The van der Waals surface area contributed by atoms with Crippen LogP contribution >= 0.6 is 11.6 Å². The van der Waals surface area contributed by atoms with Crippen LogP contribution in [0.3, 0.4) is 0 Å². The summed E-state index contributed by atoms with van der Waals surface area (Å²) in [4.78, 5) is 6.85. The van der Waals surface area contributed by atoms with Crippen molar-refractivity contribution in [2.45, 2.75) is 20.8 Å². The van der Waals surface area contributed by atoms with Crippen LogP contribution in [-0.4, -0.2) is 19.3 Å². The summed E-state index contributed by atoms with van der Waals surface area (Å²) >= 11 is 6.01. The van der Waals surface area contributed by atoms with Gasteiger partial charge in [0.25, 0.3) is 0 Å². The molecule has 0 bridgehead atoms. The summed E-state index contributed by atoms with van der Waals surface area (Å²) in [6.45, 7) is 8.41. The van der Waals surface area contributed by atoms with Gasteiger partial charge in [0, 0.05) is 30.0 Å². The fourth-order valence-corrected chi connectivity index (χ4v) is 2.39. The van der Waals surface area contributed by atoms with Gasteiger partial charge in [-0.3, -0.25) is 4.99 Å². The van der Waals surface area contributed by atoms with E-state index in [4.69, 9.17) is 11.6 Å². The minimum atomic E-state index is 0.713. The predicted molar refractivity (Wildman–Crippen MR) is 93.4 cm³/mol. The van der Waals surface area contributed by atoms with Gasteiger partial charge in [-0.1, -0.05) is 29.8 Å². The second-order valence-electron chi connectivity index (χ2n) is 4.95. The Labute approximate surface area is 132 Å². The Morgan fingerprint density at radius 1 is 1.05 bits per heavy atom. The first-order valence-corrected chi connectivity index (χ1v) is 7.67. The van der Waals surface area contributed by atoms with Crippen LogP contribution in [0.4, 0.5) is 11.4 Å². The maximum absolute atomic E-state index is 6.01. The summed E-state index contributed by atoms with van der Waals surface area (Å²) in [6.07, 6.45) is 1.88. The quantitative estimate of drug-likeness (QED) is 0.689. The zero-order valence-corrected chi connectivity index (χ0v) is 13.6. The standard InChI is InChI=1S/C18H21ClN2/c1-4-21(5-2)17-10-7-15(8-11-17)13-20-18-12-16(19)9-6-14(18)3/h6-13H,4-5H2,1-3H3. The SMILES string of the molecule is CCN(CC)c1ccc(C=Nc2cc(Cl)ccc2C)cc1. The molecule has 0 aliphatic rings. The molecule has 0 spiro atoms. The molecule has 2 nitrogen and oxygen atoms in total. The van der Waals surface area contributed by atoms with Crippen LogP contribution < -0.4 is 4.90 Å². The molecule has 0 radical (unpaired) electrons. The van der Waals surface area contributed by atoms with Gasteiger partial charge in [0.2, 0.25) is 0 Å². The predicted octanol–water partition coefficient (Wildman–Crippen LogP) is 5.25. The lowest BCUT2D eigenvalue weighted by atomic mass is 10.2. The second-order valence-corrected chi connectivity index (χ2v) is 5.39. The van der Waals surface area contributed by atoms with Crippen molar-refractivity contribution in [3.05, 3.63) is 58.6 Å². The summed E-state index contributed by atoms with van der Waals surface area (Å²) in [5.74, 6) is 0. The van der Waals surface area contributed by atoms with Crippen molar-refractivity contribution in [1.82, 2.24) is 0 Å². The molecule has 0 fully saturated rings. The zero-order valence-electron chi connectivity index (χ0n) is 12.8. The molecule has 0 unspecified atom stereocenters. The monoisotopic (exact) mass is 300 g/mol. The van der Waals surface area contributed by atoms with E-state index in [-0.39, 0.29) is 0 Å². The third-order valence-electron chi connectivity index (χ3n) is 3.55. The topological polar surface area (TPSA) is 15.6 Å². The molecule has 110 valence electrons. The third-order valence-corrected chi connectivity index (χ3v) is 3.78. The highest BCUT2D eigenvalue weighted by Crippen LogP contribution is 2.23. The Balaban J connectivity index is 2.16. The number of hydrogen-bond donors (Lipinski definition) is 0. The molecule has 2 aromatic rings. The van der Waals surface area contributed by atoms with Gasteiger partial charge in [-0.05, 0) is 56.2 Å². The zero-order chi connectivity index (χ0) is 15.2. The summed E-state index contributed by atoms with van der Waals surface area (Å²) in [7, 11) is 0. The summed E-state index contributed by atoms with van der Waals surface area (Å²) in [5.41, 5.74) is 4.37. The van der Waals surface area contributed by atoms with E-state index in [1.807, 2.05) is 31.3 Å². The Morgan fingerprint density at radius 2 is 1.71 bits per heavy atom. The van der Waals surface area contributed by atoms with Crippen molar-refractivity contribution in [1.29, 1.82) is 0 Å². The number of halogens is 1. The van der Waals surface area contributed by atoms with Crippen LogP contribution in [0.5, 0.6) is 0 Å². The van der Waals surface area contributed by atoms with Crippen molar-refractivity contribution in [3.63, 3.8) is 0 Å². The molecule has 0 aliphatic carbocycles. The van der Waals surface area contributed by atoms with Crippen LogP contribution in [0, 0.1) is 6.92 Å². The molecular weight excluding hydrogens is 280 g/mol. The van der Waals surface area contributed by atoms with Gasteiger partial charge in [0.1, 0.15) is 0 Å². The highest BCUT2D eigenvalue weighted by molar-refractivity contribution is 6.30. The Kier molecular flexibility index (Phi) is 5.40. The van der Waals surface area contributed by atoms with E-state index < -0.39 is 0 Å². The average molecular weight is 301 g/mol. The van der Waals surface area contributed by atoms with E-state index in [1.54, 1.807) is 0 Å². The molecule has 0 N–H and O–H groups in total. The lowest BCUT2D eigenvalue weighted by molar-refractivity contribution is 0.866. The molecule has 2 rings (SSSR count). The molecule has 21 heavy (non-hydrogen) atoms. The van der Waals surface area contributed by atoms with Gasteiger partial charge >= 0.3 is 0 Å². The van der Waals surface area contributed by atoms with Crippen molar-refractivity contribution in [2.24, 2.45) is 4.99 Å². The fourth-order valence-electron chi connectivity index (χ4n) is 2.23. The van der Waals surface area contributed by atoms with Gasteiger partial charge in [-0.15, -0.1) is 0 Å². The third kappa shape index (κ3) is 4.08. The van der Waals surface area contributed by atoms with Gasteiger partial charge in [-0.25, -0.2) is 0 Å². The van der Waals surface area contributed by atoms with E-state index >= 15 is 0 Å². The first-order valence-electron chi connectivity index (χ1n) is 7.29. The van der Waals surface area contributed by atoms with Crippen molar-refractivity contribution in [2.75, 3.05) is 18.0 Å². The van der Waals surface area contributed by atoms with E-state index in [0.717, 1.165) is 29.9 Å². The van der Waals surface area contributed by atoms with Crippen LogP contribution in [0.1, 0.15) is 25.0 Å². The van der Waals surface area contributed by atoms with Crippen LogP contribution in [0.2, 0.25) is 5.02 Å². The van der Waals surface area contributed by atoms with E-state index in [9.17, 15) is 0 Å². The summed E-state index contributed by atoms with van der Waals surface area (Å²) in [5, 5.41) is 0.713. The van der Waals surface area contributed by atoms with Crippen LogP contribution in [0.25, 0.3) is 0 Å². The van der Waals surface area contributed by atoms with Crippen molar-refractivity contribution in [3.8, 4) is 0 Å². The first kappa shape index (κ1) is 15.6. The van der Waals surface area contributed by atoms with E-state index in [2.05, 4.69) is 48.0 Å². The number of aliphatic imine (C=N–C) groups is 1. The number of aryl methyl sites for hydroxylation is 1. The Bertz CT molecular complexity index is 614. The Morgan fingerprint density at radius 3 is 2.33 bits per heavy atom. The normalized spacial score (nSPS) is 11.0. The van der Waals surface area contributed by atoms with E-state index in [0.29, 0.717) is 5.02 Å². The molecule has 0 aromatic heterocycles. The maximum atomic E-state index is 6.01. The lowest BCUT2D eigenvalue weighted by Gasteiger charge is -2.20.